The van der Waals surface area contributed by atoms with Gasteiger partial charge in [-0.1, -0.05) is 20.3 Å². The molecule has 0 bridgehead atoms. The summed E-state index contributed by atoms with van der Waals surface area (Å²) in [4.78, 5) is 11.9. The van der Waals surface area contributed by atoms with Crippen molar-refractivity contribution in [1.29, 1.82) is 0 Å². The summed E-state index contributed by atoms with van der Waals surface area (Å²) in [7, 11) is 0. The van der Waals surface area contributed by atoms with Crippen LogP contribution in [0.15, 0.2) is 0 Å². The van der Waals surface area contributed by atoms with Gasteiger partial charge in [0.15, 0.2) is 0 Å². The zero-order chi connectivity index (χ0) is 13.5. The molecule has 0 saturated carbocycles. The first-order chi connectivity index (χ1) is 7.80. The van der Waals surface area contributed by atoms with E-state index < -0.39 is 0 Å². The van der Waals surface area contributed by atoms with Gasteiger partial charge >= 0.3 is 5.97 Å². The van der Waals surface area contributed by atoms with Gasteiger partial charge in [0.05, 0.1) is 5.92 Å². The number of carbonyl (C=O) groups is 1. The zero-order valence-corrected chi connectivity index (χ0v) is 12.1. The molecule has 0 aromatic rings. The van der Waals surface area contributed by atoms with Crippen LogP contribution >= 0.6 is 0 Å². The van der Waals surface area contributed by atoms with Gasteiger partial charge < -0.3 is 10.5 Å². The molecule has 0 aromatic carbocycles. The van der Waals surface area contributed by atoms with E-state index in [1.54, 1.807) is 0 Å². The smallest absolute Gasteiger partial charge is 0.309 e. The van der Waals surface area contributed by atoms with Crippen molar-refractivity contribution in [2.45, 2.75) is 78.4 Å². The quantitative estimate of drug-likeness (QED) is 0.698. The van der Waals surface area contributed by atoms with Crippen molar-refractivity contribution in [2.24, 2.45) is 11.7 Å². The van der Waals surface area contributed by atoms with Gasteiger partial charge in [-0.3, -0.25) is 4.79 Å². The minimum atomic E-state index is -0.385. The number of hydrogen-bond acceptors (Lipinski definition) is 3. The molecule has 102 valence electrons. The predicted molar refractivity (Wildman–Crippen MR) is 71.7 cm³/mol. The maximum atomic E-state index is 11.9. The van der Waals surface area contributed by atoms with E-state index in [4.69, 9.17) is 10.5 Å². The van der Waals surface area contributed by atoms with Crippen molar-refractivity contribution in [3.8, 4) is 0 Å². The molecule has 0 rings (SSSR count). The zero-order valence-electron chi connectivity index (χ0n) is 12.1. The van der Waals surface area contributed by atoms with E-state index in [2.05, 4.69) is 6.92 Å². The lowest BCUT2D eigenvalue weighted by molar-refractivity contribution is -0.160. The second-order valence-corrected chi connectivity index (χ2v) is 5.74. The molecule has 2 N–H and O–H groups in total. The third kappa shape index (κ3) is 8.19. The lowest BCUT2D eigenvalue weighted by atomic mass is 9.97. The minimum absolute atomic E-state index is 0.0262. The number of hydrogen-bond donors (Lipinski definition) is 1. The van der Waals surface area contributed by atoms with E-state index in [0.29, 0.717) is 0 Å². The van der Waals surface area contributed by atoms with Gasteiger partial charge in [0.2, 0.25) is 0 Å². The summed E-state index contributed by atoms with van der Waals surface area (Å²) < 4.78 is 5.40. The van der Waals surface area contributed by atoms with Crippen molar-refractivity contribution < 1.29 is 9.53 Å². The van der Waals surface area contributed by atoms with E-state index in [-0.39, 0.29) is 23.5 Å². The Balaban J connectivity index is 4.02. The summed E-state index contributed by atoms with van der Waals surface area (Å²) >= 11 is 0. The number of nitrogens with two attached hydrogens (primary N) is 1. The monoisotopic (exact) mass is 243 g/mol. The Kier molecular flexibility index (Phi) is 7.44. The van der Waals surface area contributed by atoms with Gasteiger partial charge in [-0.25, -0.2) is 0 Å². The van der Waals surface area contributed by atoms with Gasteiger partial charge in [-0.05, 0) is 46.5 Å². The van der Waals surface area contributed by atoms with Crippen LogP contribution in [0, 0.1) is 5.92 Å². The fourth-order valence-corrected chi connectivity index (χ4v) is 1.70. The van der Waals surface area contributed by atoms with Crippen LogP contribution in [0.2, 0.25) is 0 Å². The van der Waals surface area contributed by atoms with Gasteiger partial charge in [0.25, 0.3) is 0 Å². The first-order valence-electron chi connectivity index (χ1n) is 6.78. The van der Waals surface area contributed by atoms with Crippen LogP contribution in [0.1, 0.15) is 66.7 Å². The van der Waals surface area contributed by atoms with Gasteiger partial charge in [0, 0.05) is 6.04 Å². The van der Waals surface area contributed by atoms with E-state index >= 15 is 0 Å². The molecule has 3 nitrogen and oxygen atoms in total. The lowest BCUT2D eigenvalue weighted by Crippen LogP contribution is -2.29. The second kappa shape index (κ2) is 7.70. The maximum absolute atomic E-state index is 11.9. The van der Waals surface area contributed by atoms with Crippen LogP contribution in [0.3, 0.4) is 0 Å². The molecule has 0 fully saturated rings. The van der Waals surface area contributed by atoms with Crippen LogP contribution in [0.5, 0.6) is 0 Å². The molecule has 0 aromatic heterocycles. The highest BCUT2D eigenvalue weighted by atomic mass is 16.6. The Hall–Kier alpha value is -0.570. The van der Waals surface area contributed by atoms with E-state index in [0.717, 1.165) is 32.1 Å². The lowest BCUT2D eigenvalue weighted by Gasteiger charge is -2.23. The fourth-order valence-electron chi connectivity index (χ4n) is 1.70. The van der Waals surface area contributed by atoms with Crippen LogP contribution in [0.4, 0.5) is 0 Å². The third-order valence-corrected chi connectivity index (χ3v) is 2.88. The van der Waals surface area contributed by atoms with E-state index in [1.807, 2.05) is 27.7 Å². The van der Waals surface area contributed by atoms with Crippen LogP contribution < -0.4 is 5.73 Å². The van der Waals surface area contributed by atoms with Crippen LogP contribution in [0.25, 0.3) is 0 Å². The molecule has 0 aliphatic rings. The molecule has 0 radical (unpaired) electrons. The average molecular weight is 243 g/mol. The largest absolute Gasteiger partial charge is 0.460 e. The normalized spacial score (nSPS) is 15.4. The van der Waals surface area contributed by atoms with Crippen molar-refractivity contribution in [3.05, 3.63) is 0 Å². The van der Waals surface area contributed by atoms with Gasteiger partial charge in [0.1, 0.15) is 5.60 Å². The first-order valence-corrected chi connectivity index (χ1v) is 6.78. The van der Waals surface area contributed by atoms with E-state index in [9.17, 15) is 4.79 Å². The molecule has 0 spiro atoms. The molecule has 0 heterocycles. The second-order valence-electron chi connectivity index (χ2n) is 5.74. The molecular formula is C14H29NO2. The van der Waals surface area contributed by atoms with Crippen molar-refractivity contribution >= 4 is 5.97 Å². The number of esters is 1. The summed E-state index contributed by atoms with van der Waals surface area (Å²) in [5, 5.41) is 0. The standard InChI is InChI=1S/C14H29NO2/c1-6-11(9-8-10-12(15)7-2)13(16)17-14(3,4)5/h11-12H,6-10,15H2,1-5H3. The first kappa shape index (κ1) is 16.4. The minimum Gasteiger partial charge on any atom is -0.460 e. The molecule has 0 aliphatic heterocycles. The van der Waals surface area contributed by atoms with Gasteiger partial charge in [-0.2, -0.15) is 0 Å². The van der Waals surface area contributed by atoms with Crippen molar-refractivity contribution in [3.63, 3.8) is 0 Å². The van der Waals surface area contributed by atoms with E-state index in [1.165, 1.54) is 0 Å². The third-order valence-electron chi connectivity index (χ3n) is 2.88. The summed E-state index contributed by atoms with van der Waals surface area (Å²) in [6, 6.07) is 0.270. The maximum Gasteiger partial charge on any atom is 0.309 e. The Morgan fingerprint density at radius 3 is 2.18 bits per heavy atom. The molecule has 17 heavy (non-hydrogen) atoms. The molecular weight excluding hydrogens is 214 g/mol. The van der Waals surface area contributed by atoms with Gasteiger partial charge in [-0.15, -0.1) is 0 Å². The molecule has 0 aliphatic carbocycles. The number of rotatable bonds is 7. The summed E-state index contributed by atoms with van der Waals surface area (Å²) in [6.45, 7) is 9.85. The van der Waals surface area contributed by atoms with Crippen LogP contribution in [-0.4, -0.2) is 17.6 Å². The van der Waals surface area contributed by atoms with Crippen molar-refractivity contribution in [1.82, 2.24) is 0 Å². The van der Waals surface area contributed by atoms with Crippen LogP contribution in [-0.2, 0) is 9.53 Å². The summed E-state index contributed by atoms with van der Waals surface area (Å²) in [6.07, 6.45) is 4.74. The summed E-state index contributed by atoms with van der Waals surface area (Å²) in [5.74, 6) is -0.0386. The molecule has 0 saturated heterocycles. The Bertz CT molecular complexity index is 221. The molecule has 0 amide bonds. The Morgan fingerprint density at radius 2 is 1.76 bits per heavy atom. The highest BCUT2D eigenvalue weighted by Gasteiger charge is 2.23. The Morgan fingerprint density at radius 1 is 1.18 bits per heavy atom. The predicted octanol–water partition coefficient (Wildman–Crippen LogP) is 3.26. The fraction of sp³-hybridized carbons (Fsp3) is 0.929. The molecule has 2 atom stereocenters. The highest BCUT2D eigenvalue weighted by molar-refractivity contribution is 5.72. The Labute approximate surface area is 106 Å². The number of carbonyl (C=O) groups excluding carboxylic acids is 1. The average Bonchev–Trinajstić information content (AvgIpc) is 2.21. The number of ether oxygens (including phenoxy) is 1. The molecule has 2 unspecified atom stereocenters. The molecule has 3 heteroatoms. The summed E-state index contributed by atoms with van der Waals surface area (Å²) in [5.41, 5.74) is 5.48. The van der Waals surface area contributed by atoms with Crippen molar-refractivity contribution in [2.75, 3.05) is 0 Å². The topological polar surface area (TPSA) is 52.3 Å². The highest BCUT2D eigenvalue weighted by Crippen LogP contribution is 2.19. The SMILES string of the molecule is CCC(N)CCCC(CC)C(=O)OC(C)(C)C.